The van der Waals surface area contributed by atoms with Gasteiger partial charge in [-0.3, -0.25) is 14.5 Å². The van der Waals surface area contributed by atoms with Gasteiger partial charge in [-0.2, -0.15) is 13.2 Å². The molecule has 9 heteroatoms. The van der Waals surface area contributed by atoms with E-state index in [-0.39, 0.29) is 17.5 Å². The number of rotatable bonds is 5. The minimum atomic E-state index is -4.56. The van der Waals surface area contributed by atoms with E-state index in [1.165, 1.54) is 23.6 Å². The molecular formula is C28H32F3N3O3. The molecule has 1 heterocycles. The lowest BCUT2D eigenvalue weighted by atomic mass is 9.66. The summed E-state index contributed by atoms with van der Waals surface area (Å²) in [5.74, 6) is -1.25. The number of likely N-dealkylation sites (tertiary alicyclic amines) is 1. The largest absolute Gasteiger partial charge is 0.416 e. The Morgan fingerprint density at radius 2 is 1.86 bits per heavy atom. The minimum Gasteiger partial charge on any atom is -0.390 e. The van der Waals surface area contributed by atoms with Crippen LogP contribution in [0.15, 0.2) is 48.5 Å². The molecule has 198 valence electrons. The van der Waals surface area contributed by atoms with E-state index in [9.17, 15) is 27.9 Å². The summed E-state index contributed by atoms with van der Waals surface area (Å²) in [5, 5.41) is 16.0. The van der Waals surface area contributed by atoms with Crippen LogP contribution in [0, 0.1) is 0 Å². The fraction of sp³-hybridized carbons (Fsp3) is 0.500. The number of nitrogens with one attached hydrogen (secondary N) is 2. The number of carbonyl (C=O) groups is 2. The van der Waals surface area contributed by atoms with E-state index in [0.29, 0.717) is 19.1 Å². The lowest BCUT2D eigenvalue weighted by molar-refractivity contribution is -0.137. The number of amides is 2. The minimum absolute atomic E-state index is 0.0758. The third-order valence-electron chi connectivity index (χ3n) is 8.35. The number of alkyl halides is 3. The van der Waals surface area contributed by atoms with E-state index >= 15 is 0 Å². The van der Waals surface area contributed by atoms with E-state index in [2.05, 4.69) is 39.8 Å². The highest BCUT2D eigenvalue weighted by Gasteiger charge is 2.50. The van der Waals surface area contributed by atoms with E-state index in [1.807, 2.05) is 0 Å². The van der Waals surface area contributed by atoms with Crippen molar-refractivity contribution in [2.24, 2.45) is 0 Å². The Bertz CT molecular complexity index is 1170. The molecule has 4 atom stereocenters. The van der Waals surface area contributed by atoms with Crippen molar-refractivity contribution >= 4 is 11.8 Å². The summed E-state index contributed by atoms with van der Waals surface area (Å²) in [6.45, 7) is 0.595. The average Bonchev–Trinajstić information content (AvgIpc) is 3.43. The molecule has 1 saturated heterocycles. The molecule has 2 aliphatic carbocycles. The van der Waals surface area contributed by atoms with Crippen molar-refractivity contribution in [1.29, 1.82) is 0 Å². The van der Waals surface area contributed by atoms with Crippen LogP contribution in [-0.2, 0) is 22.8 Å². The molecule has 2 unspecified atom stereocenters. The molecule has 0 aromatic heterocycles. The van der Waals surface area contributed by atoms with Crippen LogP contribution in [0.2, 0.25) is 0 Å². The standard InChI is InChI=1S/C28H32F3N3O3/c29-28(30,31)20-8-5-7-19(14-20)26(37)32-15-25(36)33-22-16-34(17-23(22)35)24-10-3-4-12-27(24)13-11-18-6-1-2-9-21(18)27/h1-2,5-9,14,22-24,35H,3-4,10-13,15-17H2,(H,32,37)(H,33,36)/t22-,23-,24?,27?/m0/s1. The van der Waals surface area contributed by atoms with Crippen LogP contribution < -0.4 is 10.6 Å². The average molecular weight is 516 g/mol. The van der Waals surface area contributed by atoms with Gasteiger partial charge in [0.15, 0.2) is 0 Å². The Balaban J connectivity index is 1.19. The van der Waals surface area contributed by atoms with E-state index in [4.69, 9.17) is 0 Å². The first-order chi connectivity index (χ1) is 17.7. The Labute approximate surface area is 214 Å². The van der Waals surface area contributed by atoms with Gasteiger partial charge in [-0.1, -0.05) is 43.2 Å². The first kappa shape index (κ1) is 25.7. The molecule has 1 spiro atoms. The van der Waals surface area contributed by atoms with Gasteiger partial charge in [-0.15, -0.1) is 0 Å². The molecule has 0 bridgehead atoms. The van der Waals surface area contributed by atoms with Gasteiger partial charge in [0.1, 0.15) is 0 Å². The predicted molar refractivity (Wildman–Crippen MR) is 132 cm³/mol. The Hall–Kier alpha value is -2.91. The third kappa shape index (κ3) is 5.11. The highest BCUT2D eigenvalue weighted by atomic mass is 19.4. The first-order valence-electron chi connectivity index (χ1n) is 12.9. The van der Waals surface area contributed by atoms with Crippen LogP contribution in [0.4, 0.5) is 13.2 Å². The maximum Gasteiger partial charge on any atom is 0.416 e. The number of carbonyl (C=O) groups excluding carboxylic acids is 2. The van der Waals surface area contributed by atoms with Gasteiger partial charge in [0.2, 0.25) is 5.91 Å². The molecular weight excluding hydrogens is 483 g/mol. The number of aliphatic hydroxyl groups is 1. The molecule has 2 aromatic carbocycles. The smallest absolute Gasteiger partial charge is 0.390 e. The molecule has 3 N–H and O–H groups in total. The number of nitrogens with zero attached hydrogens (tertiary/aromatic N) is 1. The van der Waals surface area contributed by atoms with E-state index < -0.39 is 35.7 Å². The highest BCUT2D eigenvalue weighted by molar-refractivity contribution is 5.96. The highest BCUT2D eigenvalue weighted by Crippen LogP contribution is 2.51. The SMILES string of the molecule is O=C(CNC(=O)c1cccc(C(F)(F)F)c1)N[C@H]1CN(C2CCCCC23CCc2ccccc23)C[C@@H]1O. The molecule has 0 radical (unpaired) electrons. The van der Waals surface area contributed by atoms with Gasteiger partial charge in [0.25, 0.3) is 5.91 Å². The first-order valence-corrected chi connectivity index (χ1v) is 12.9. The quantitative estimate of drug-likeness (QED) is 0.570. The van der Waals surface area contributed by atoms with Gasteiger partial charge in [0.05, 0.1) is 24.3 Å². The number of aliphatic hydroxyl groups excluding tert-OH is 1. The summed E-state index contributed by atoms with van der Waals surface area (Å²) >= 11 is 0. The van der Waals surface area contributed by atoms with E-state index in [1.54, 1.807) is 0 Å². The number of β-amino-alcohol motifs (C(OH)–C–C–N with tert-alkyl or cyclic N) is 1. The molecule has 3 aliphatic rings. The molecule has 6 nitrogen and oxygen atoms in total. The van der Waals surface area contributed by atoms with Crippen LogP contribution in [0.5, 0.6) is 0 Å². The van der Waals surface area contributed by atoms with Crippen molar-refractivity contribution in [3.8, 4) is 0 Å². The van der Waals surface area contributed by atoms with Crippen LogP contribution >= 0.6 is 0 Å². The van der Waals surface area contributed by atoms with Crippen LogP contribution in [0.3, 0.4) is 0 Å². The Morgan fingerprint density at radius 1 is 1.05 bits per heavy atom. The number of benzene rings is 2. The van der Waals surface area contributed by atoms with Crippen molar-refractivity contribution < 1.29 is 27.9 Å². The van der Waals surface area contributed by atoms with E-state index in [0.717, 1.165) is 50.3 Å². The van der Waals surface area contributed by atoms with Crippen LogP contribution in [0.1, 0.15) is 59.2 Å². The predicted octanol–water partition coefficient (Wildman–Crippen LogP) is 3.42. The number of halogens is 3. The zero-order chi connectivity index (χ0) is 26.2. The normalized spacial score (nSPS) is 27.7. The summed E-state index contributed by atoms with van der Waals surface area (Å²) in [6, 6.07) is 12.5. The zero-order valence-electron chi connectivity index (χ0n) is 20.6. The van der Waals surface area contributed by atoms with Crippen molar-refractivity contribution in [3.05, 3.63) is 70.8 Å². The fourth-order valence-electron chi connectivity index (χ4n) is 6.65. The second-order valence-electron chi connectivity index (χ2n) is 10.5. The molecule has 1 aliphatic heterocycles. The summed E-state index contributed by atoms with van der Waals surface area (Å²) < 4.78 is 38.8. The Kier molecular flexibility index (Phi) is 7.02. The maximum absolute atomic E-state index is 12.9. The second kappa shape index (κ2) is 10.1. The topological polar surface area (TPSA) is 81.7 Å². The number of fused-ring (bicyclic) bond motifs is 2. The molecule has 37 heavy (non-hydrogen) atoms. The van der Waals surface area contributed by atoms with Crippen LogP contribution in [-0.4, -0.2) is 59.6 Å². The summed E-state index contributed by atoms with van der Waals surface area (Å²) in [6.07, 6.45) is 1.37. The Morgan fingerprint density at radius 3 is 2.68 bits per heavy atom. The molecule has 5 rings (SSSR count). The van der Waals surface area contributed by atoms with Crippen molar-refractivity contribution in [3.63, 3.8) is 0 Å². The van der Waals surface area contributed by atoms with Crippen molar-refractivity contribution in [2.75, 3.05) is 19.6 Å². The number of hydrogen-bond donors (Lipinski definition) is 3. The second-order valence-corrected chi connectivity index (χ2v) is 10.5. The van der Waals surface area contributed by atoms with Gasteiger partial charge in [0, 0.05) is 30.1 Å². The number of aryl methyl sites for hydroxylation is 1. The molecule has 2 fully saturated rings. The fourth-order valence-corrected chi connectivity index (χ4v) is 6.65. The van der Waals surface area contributed by atoms with Crippen LogP contribution in [0.25, 0.3) is 0 Å². The van der Waals surface area contributed by atoms with Gasteiger partial charge < -0.3 is 15.7 Å². The molecule has 1 saturated carbocycles. The summed E-state index contributed by atoms with van der Waals surface area (Å²) in [5.41, 5.74) is 1.82. The number of hydrogen-bond acceptors (Lipinski definition) is 4. The lowest BCUT2D eigenvalue weighted by Gasteiger charge is -2.47. The zero-order valence-corrected chi connectivity index (χ0v) is 20.6. The van der Waals surface area contributed by atoms with Gasteiger partial charge in [-0.25, -0.2) is 0 Å². The van der Waals surface area contributed by atoms with Crippen molar-refractivity contribution in [2.45, 2.75) is 68.3 Å². The summed E-state index contributed by atoms with van der Waals surface area (Å²) in [7, 11) is 0. The monoisotopic (exact) mass is 515 g/mol. The third-order valence-corrected chi connectivity index (χ3v) is 8.35. The van der Waals surface area contributed by atoms with Crippen molar-refractivity contribution in [1.82, 2.24) is 15.5 Å². The summed E-state index contributed by atoms with van der Waals surface area (Å²) in [4.78, 5) is 27.2. The molecule has 2 aromatic rings. The van der Waals surface area contributed by atoms with Gasteiger partial charge >= 0.3 is 6.18 Å². The maximum atomic E-state index is 12.9. The lowest BCUT2D eigenvalue weighted by Crippen LogP contribution is -2.52. The van der Waals surface area contributed by atoms with Gasteiger partial charge in [-0.05, 0) is 55.0 Å². The molecule has 2 amide bonds.